The van der Waals surface area contributed by atoms with E-state index in [0.717, 1.165) is 12.8 Å². The first kappa shape index (κ1) is 7.39. The van der Waals surface area contributed by atoms with E-state index in [0.29, 0.717) is 5.92 Å². The lowest BCUT2D eigenvalue weighted by molar-refractivity contribution is -0.329. The normalized spacial score (nSPS) is 66.7. The number of hydrogen-bond donors (Lipinski definition) is 0. The van der Waals surface area contributed by atoms with Crippen LogP contribution >= 0.6 is 0 Å². The quantitative estimate of drug-likeness (QED) is 0.534. The van der Waals surface area contributed by atoms with Gasteiger partial charge in [-0.2, -0.15) is 0 Å². The van der Waals surface area contributed by atoms with Crippen LogP contribution in [0.2, 0.25) is 0 Å². The molecule has 0 aromatic carbocycles. The summed E-state index contributed by atoms with van der Waals surface area (Å²) < 4.78 is 11.5. The van der Waals surface area contributed by atoms with Crippen molar-refractivity contribution in [2.24, 2.45) is 5.92 Å². The summed E-state index contributed by atoms with van der Waals surface area (Å²) in [6, 6.07) is -0.175. The van der Waals surface area contributed by atoms with Crippen molar-refractivity contribution >= 4 is 7.85 Å². The average Bonchev–Trinajstić information content (AvgIpc) is 2.09. The van der Waals surface area contributed by atoms with E-state index < -0.39 is 0 Å². The molecule has 1 saturated carbocycles. The van der Waals surface area contributed by atoms with Gasteiger partial charge in [-0.1, -0.05) is 6.92 Å². The largest absolute Gasteiger partial charge is 0.378 e. The Morgan fingerprint density at radius 3 is 2.75 bits per heavy atom. The predicted molar refractivity (Wildman–Crippen MR) is 45.0 cm³/mol. The van der Waals surface area contributed by atoms with Crippen molar-refractivity contribution in [1.29, 1.82) is 0 Å². The van der Waals surface area contributed by atoms with E-state index in [1.165, 1.54) is 0 Å². The molecule has 3 fully saturated rings. The van der Waals surface area contributed by atoms with Gasteiger partial charge in [-0.3, -0.25) is 0 Å². The van der Waals surface area contributed by atoms with Crippen molar-refractivity contribution < 1.29 is 9.47 Å². The minimum Gasteiger partial charge on any atom is -0.378 e. The minimum absolute atomic E-state index is 0.0804. The first-order valence-electron chi connectivity index (χ1n) is 4.72. The van der Waals surface area contributed by atoms with Crippen LogP contribution in [0.3, 0.4) is 0 Å². The molecule has 0 aromatic heterocycles. The summed E-state index contributed by atoms with van der Waals surface area (Å²) in [7, 11) is 5.81. The fraction of sp³-hybridized carbons (Fsp3) is 1.00. The summed E-state index contributed by atoms with van der Waals surface area (Å²) in [6.45, 7) is 4.34. The number of ether oxygens (including phenoxy) is 2. The van der Waals surface area contributed by atoms with E-state index in [9.17, 15) is 0 Å². The Morgan fingerprint density at radius 1 is 1.50 bits per heavy atom. The maximum absolute atomic E-state index is 5.81. The first-order valence-corrected chi connectivity index (χ1v) is 4.72. The Balaban J connectivity index is 1.94. The Labute approximate surface area is 74.0 Å². The zero-order valence-electron chi connectivity index (χ0n) is 7.54. The van der Waals surface area contributed by atoms with Crippen LogP contribution in [0.5, 0.6) is 0 Å². The second-order valence-electron chi connectivity index (χ2n) is 4.55. The van der Waals surface area contributed by atoms with Gasteiger partial charge in [-0.15, -0.1) is 0 Å². The third-order valence-corrected chi connectivity index (χ3v) is 3.90. The molecule has 64 valence electrons. The van der Waals surface area contributed by atoms with Crippen LogP contribution in [0.4, 0.5) is 0 Å². The van der Waals surface area contributed by atoms with Crippen molar-refractivity contribution in [3.8, 4) is 0 Å². The molecule has 1 aliphatic carbocycles. The lowest BCUT2D eigenvalue weighted by atomic mass is 9.52. The Bertz CT molecular complexity index is 241. The highest BCUT2D eigenvalue weighted by Gasteiger charge is 2.77. The monoisotopic (exact) mass is 164 g/mol. The summed E-state index contributed by atoms with van der Waals surface area (Å²) in [6.07, 6.45) is 2.29. The fourth-order valence-electron chi connectivity index (χ4n) is 3.45. The van der Waals surface area contributed by atoms with Crippen molar-refractivity contribution in [3.63, 3.8) is 0 Å². The van der Waals surface area contributed by atoms with Crippen molar-refractivity contribution in [1.82, 2.24) is 0 Å². The van der Waals surface area contributed by atoms with Gasteiger partial charge in [0, 0.05) is 18.3 Å². The SMILES string of the molecule is [B][C@@H]1O[C@@]2(CC)CC3(C)OC1C32. The van der Waals surface area contributed by atoms with Gasteiger partial charge >= 0.3 is 0 Å². The van der Waals surface area contributed by atoms with Gasteiger partial charge in [0.25, 0.3) is 0 Å². The van der Waals surface area contributed by atoms with Gasteiger partial charge < -0.3 is 9.47 Å². The van der Waals surface area contributed by atoms with Crippen LogP contribution in [0, 0.1) is 5.92 Å². The van der Waals surface area contributed by atoms with E-state index in [4.69, 9.17) is 17.3 Å². The molecule has 2 heterocycles. The molecule has 0 spiro atoms. The highest BCUT2D eigenvalue weighted by molar-refractivity contribution is 6.12. The summed E-state index contributed by atoms with van der Waals surface area (Å²) in [5.74, 6) is 0.574. The van der Waals surface area contributed by atoms with Crippen LogP contribution < -0.4 is 0 Å². The highest BCUT2D eigenvalue weighted by atomic mass is 16.6. The Kier molecular flexibility index (Phi) is 1.08. The average molecular weight is 164 g/mol. The molecule has 0 N–H and O–H groups in total. The van der Waals surface area contributed by atoms with Gasteiger partial charge in [-0.05, 0) is 13.3 Å². The maximum atomic E-state index is 5.81. The van der Waals surface area contributed by atoms with E-state index in [2.05, 4.69) is 13.8 Å². The number of hydrogen-bond acceptors (Lipinski definition) is 2. The van der Waals surface area contributed by atoms with Crippen LogP contribution in [0.25, 0.3) is 0 Å². The molecule has 12 heavy (non-hydrogen) atoms. The second-order valence-corrected chi connectivity index (χ2v) is 4.55. The van der Waals surface area contributed by atoms with Crippen LogP contribution in [0.1, 0.15) is 26.7 Å². The zero-order valence-corrected chi connectivity index (χ0v) is 7.54. The maximum Gasteiger partial charge on any atom is 0.112 e. The predicted octanol–water partition coefficient (Wildman–Crippen LogP) is 0.837. The van der Waals surface area contributed by atoms with Gasteiger partial charge in [-0.25, -0.2) is 0 Å². The standard InChI is InChI=1S/C9H13BO2/c1-3-9-4-8(2)6(9)5(11-8)7(10)12-9/h5-7H,3-4H2,1-2H3/t5?,6?,7-,8?,9+/m1/s1. The lowest BCUT2D eigenvalue weighted by Crippen LogP contribution is -2.74. The molecule has 2 saturated heterocycles. The van der Waals surface area contributed by atoms with Crippen LogP contribution in [-0.2, 0) is 9.47 Å². The Hall–Kier alpha value is -0.0151. The summed E-state index contributed by atoms with van der Waals surface area (Å²) in [4.78, 5) is 0. The van der Waals surface area contributed by atoms with Crippen molar-refractivity contribution in [3.05, 3.63) is 0 Å². The molecule has 2 aliphatic heterocycles. The van der Waals surface area contributed by atoms with Crippen LogP contribution in [-0.4, -0.2) is 31.2 Å². The third kappa shape index (κ3) is 0.530. The molecule has 0 amide bonds. The topological polar surface area (TPSA) is 18.5 Å². The lowest BCUT2D eigenvalue weighted by Gasteiger charge is -2.65. The molecule has 2 nitrogen and oxygen atoms in total. The fourth-order valence-corrected chi connectivity index (χ4v) is 3.45. The van der Waals surface area contributed by atoms with E-state index in [-0.39, 0.29) is 23.3 Å². The molecular weight excluding hydrogens is 151 g/mol. The first-order chi connectivity index (χ1) is 5.61. The number of rotatable bonds is 1. The minimum atomic E-state index is -0.175. The van der Waals surface area contributed by atoms with Gasteiger partial charge in [0.15, 0.2) is 0 Å². The van der Waals surface area contributed by atoms with E-state index >= 15 is 0 Å². The van der Waals surface area contributed by atoms with Gasteiger partial charge in [0.2, 0.25) is 0 Å². The third-order valence-electron chi connectivity index (χ3n) is 3.90. The highest BCUT2D eigenvalue weighted by Crippen LogP contribution is 2.67. The summed E-state index contributed by atoms with van der Waals surface area (Å²) >= 11 is 0. The molecular formula is C9H13BO2. The van der Waals surface area contributed by atoms with E-state index in [1.807, 2.05) is 0 Å². The van der Waals surface area contributed by atoms with Gasteiger partial charge in [0.1, 0.15) is 7.85 Å². The van der Waals surface area contributed by atoms with Crippen molar-refractivity contribution in [2.45, 2.75) is 50.0 Å². The van der Waals surface area contributed by atoms with Gasteiger partial charge in [0.05, 0.1) is 17.3 Å². The summed E-state index contributed by atoms with van der Waals surface area (Å²) in [5, 5.41) is 0. The second kappa shape index (κ2) is 1.75. The molecule has 5 atom stereocenters. The zero-order chi connectivity index (χ0) is 8.56. The molecule has 3 unspecified atom stereocenters. The van der Waals surface area contributed by atoms with E-state index in [1.54, 1.807) is 0 Å². The molecule has 0 bridgehead atoms. The smallest absolute Gasteiger partial charge is 0.112 e. The Morgan fingerprint density at radius 2 is 2.25 bits per heavy atom. The molecule has 2 radical (unpaired) electrons. The van der Waals surface area contributed by atoms with Crippen LogP contribution in [0.15, 0.2) is 0 Å². The molecule has 0 aromatic rings. The summed E-state index contributed by atoms with van der Waals surface area (Å²) in [5.41, 5.74) is 0.186. The van der Waals surface area contributed by atoms with Crippen molar-refractivity contribution in [2.75, 3.05) is 0 Å². The molecule has 3 rings (SSSR count). The molecule has 3 heteroatoms. The molecule has 3 aliphatic rings.